The molecule has 2 N–H and O–H groups in total. The molecular weight excluding hydrogens is 683 g/mol. The molecule has 1 unspecified atom stereocenters. The van der Waals surface area contributed by atoms with E-state index in [0.717, 1.165) is 40.7 Å². The summed E-state index contributed by atoms with van der Waals surface area (Å²) in [5.41, 5.74) is 4.92. The van der Waals surface area contributed by atoms with Gasteiger partial charge in [0.25, 0.3) is 0 Å². The molecule has 0 saturated carbocycles. The van der Waals surface area contributed by atoms with Crippen LogP contribution in [0.5, 0.6) is 0 Å². The standard InChI is InChI=1S/C43H59N5O4S/c1-3-4-5-6-7-8-9-10-11-12-13-14-18-21-39(50)44-30-33-22-28-37(29-23-33)42-51-38(32-53-43-45-46-47-48(43)2)40(35-19-16-15-17-20-35)41(52-42)36-26-24-34(31-49)25-27-36/h15-17,19-20,22-29,38,40-42,49H,3-14,18,21,30-32H2,1-2H3,(H,44,50)/t38-,40-,41+,42?/m1/s1. The number of nitrogens with zero attached hydrogens (tertiary/aromatic N) is 4. The molecule has 9 nitrogen and oxygen atoms in total. The Labute approximate surface area is 320 Å². The summed E-state index contributed by atoms with van der Waals surface area (Å²) in [6.45, 7) is 2.74. The number of nitrogens with one attached hydrogen (secondary N) is 1. The van der Waals surface area contributed by atoms with Crippen LogP contribution in [0.1, 0.15) is 143 Å². The van der Waals surface area contributed by atoms with Gasteiger partial charge in [-0.2, -0.15) is 0 Å². The molecule has 53 heavy (non-hydrogen) atoms. The van der Waals surface area contributed by atoms with Crippen molar-refractivity contribution in [2.75, 3.05) is 5.75 Å². The number of ether oxygens (including phenoxy) is 2. The first kappa shape index (κ1) is 40.6. The Kier molecular flexibility index (Phi) is 17.3. The highest BCUT2D eigenvalue weighted by Gasteiger charge is 2.42. The van der Waals surface area contributed by atoms with Crippen LogP contribution < -0.4 is 5.32 Å². The van der Waals surface area contributed by atoms with Gasteiger partial charge >= 0.3 is 0 Å². The topological polar surface area (TPSA) is 111 Å². The number of hydrogen-bond donors (Lipinski definition) is 2. The van der Waals surface area contributed by atoms with E-state index in [9.17, 15) is 9.90 Å². The second-order valence-electron chi connectivity index (χ2n) is 14.3. The summed E-state index contributed by atoms with van der Waals surface area (Å²) < 4.78 is 15.3. The van der Waals surface area contributed by atoms with Gasteiger partial charge in [-0.3, -0.25) is 4.79 Å². The lowest BCUT2D eigenvalue weighted by atomic mass is 9.84. The smallest absolute Gasteiger partial charge is 0.220 e. The van der Waals surface area contributed by atoms with Crippen molar-refractivity contribution in [3.8, 4) is 0 Å². The molecule has 1 aliphatic heterocycles. The molecule has 4 aromatic rings. The third-order valence-electron chi connectivity index (χ3n) is 10.2. The minimum absolute atomic E-state index is 0.0170. The number of aliphatic hydroxyl groups excluding tert-OH is 1. The van der Waals surface area contributed by atoms with Gasteiger partial charge in [0.1, 0.15) is 0 Å². The van der Waals surface area contributed by atoms with Crippen LogP contribution in [-0.2, 0) is 34.5 Å². The van der Waals surface area contributed by atoms with Gasteiger partial charge in [0.05, 0.1) is 18.8 Å². The average Bonchev–Trinajstić information content (AvgIpc) is 3.62. The Hall–Kier alpha value is -3.57. The molecule has 0 spiro atoms. The molecule has 5 rings (SSSR count). The zero-order valence-corrected chi connectivity index (χ0v) is 32.5. The second kappa shape index (κ2) is 22.6. The molecule has 1 amide bonds. The lowest BCUT2D eigenvalue weighted by Gasteiger charge is -2.43. The number of carbonyl (C=O) groups excluding carboxylic acids is 1. The van der Waals surface area contributed by atoms with Crippen molar-refractivity contribution < 1.29 is 19.4 Å². The van der Waals surface area contributed by atoms with Crippen LogP contribution in [0.2, 0.25) is 0 Å². The maximum Gasteiger partial charge on any atom is 0.220 e. The Morgan fingerprint density at radius 3 is 1.96 bits per heavy atom. The molecule has 10 heteroatoms. The summed E-state index contributed by atoms with van der Waals surface area (Å²) >= 11 is 1.56. The Balaban J connectivity index is 1.13. The number of hydrogen-bond acceptors (Lipinski definition) is 8. The maximum absolute atomic E-state index is 12.6. The molecule has 286 valence electrons. The first-order valence-electron chi connectivity index (χ1n) is 19.8. The summed E-state index contributed by atoms with van der Waals surface area (Å²) in [6.07, 6.45) is 16.3. The van der Waals surface area contributed by atoms with Crippen LogP contribution >= 0.6 is 11.8 Å². The van der Waals surface area contributed by atoms with Crippen LogP contribution in [0.15, 0.2) is 84.0 Å². The maximum atomic E-state index is 12.6. The van der Waals surface area contributed by atoms with E-state index in [0.29, 0.717) is 23.9 Å². The summed E-state index contributed by atoms with van der Waals surface area (Å²) in [7, 11) is 1.83. The fourth-order valence-electron chi connectivity index (χ4n) is 7.04. The highest BCUT2D eigenvalue weighted by atomic mass is 32.2. The van der Waals surface area contributed by atoms with Crippen molar-refractivity contribution in [3.05, 3.63) is 107 Å². The van der Waals surface area contributed by atoms with E-state index in [2.05, 4.69) is 39.9 Å². The van der Waals surface area contributed by atoms with E-state index in [1.165, 1.54) is 70.6 Å². The Morgan fingerprint density at radius 2 is 1.36 bits per heavy atom. The van der Waals surface area contributed by atoms with Crippen LogP contribution in [0.3, 0.4) is 0 Å². The van der Waals surface area contributed by atoms with Gasteiger partial charge in [0.15, 0.2) is 6.29 Å². The monoisotopic (exact) mass is 741 g/mol. The minimum atomic E-state index is -0.611. The van der Waals surface area contributed by atoms with Crippen LogP contribution in [0.4, 0.5) is 0 Å². The van der Waals surface area contributed by atoms with Crippen molar-refractivity contribution in [3.63, 3.8) is 0 Å². The van der Waals surface area contributed by atoms with E-state index >= 15 is 0 Å². The summed E-state index contributed by atoms with van der Waals surface area (Å²) in [5, 5.41) is 25.5. The highest BCUT2D eigenvalue weighted by molar-refractivity contribution is 7.99. The zero-order chi connectivity index (χ0) is 37.1. The molecule has 1 saturated heterocycles. The average molecular weight is 742 g/mol. The number of aromatic nitrogens is 4. The predicted octanol–water partition coefficient (Wildman–Crippen LogP) is 9.53. The predicted molar refractivity (Wildman–Crippen MR) is 211 cm³/mol. The Bertz CT molecular complexity index is 1600. The largest absolute Gasteiger partial charge is 0.392 e. The number of rotatable bonds is 23. The normalized spacial score (nSPS) is 18.6. The number of amides is 1. The molecule has 4 atom stereocenters. The number of carbonyl (C=O) groups is 1. The molecule has 0 bridgehead atoms. The number of tetrazole rings is 1. The minimum Gasteiger partial charge on any atom is -0.392 e. The van der Waals surface area contributed by atoms with Crippen molar-refractivity contribution in [2.45, 2.75) is 140 Å². The summed E-state index contributed by atoms with van der Waals surface area (Å²) in [6, 6.07) is 26.4. The van der Waals surface area contributed by atoms with Gasteiger partial charge in [0.2, 0.25) is 11.1 Å². The van der Waals surface area contributed by atoms with Crippen molar-refractivity contribution in [1.29, 1.82) is 0 Å². The number of aliphatic hydroxyl groups is 1. The van der Waals surface area contributed by atoms with Gasteiger partial charge in [-0.25, -0.2) is 4.68 Å². The lowest BCUT2D eigenvalue weighted by molar-refractivity contribution is -0.255. The molecular formula is C43H59N5O4S. The van der Waals surface area contributed by atoms with Crippen LogP contribution in [0, 0.1) is 0 Å². The van der Waals surface area contributed by atoms with Gasteiger partial charge in [0, 0.05) is 37.2 Å². The summed E-state index contributed by atoms with van der Waals surface area (Å²) in [5.74, 6) is 0.615. The molecule has 1 aliphatic rings. The molecule has 1 fully saturated rings. The van der Waals surface area contributed by atoms with Gasteiger partial charge in [-0.15, -0.1) is 5.10 Å². The van der Waals surface area contributed by atoms with Gasteiger partial charge in [-0.1, -0.05) is 175 Å². The zero-order valence-electron chi connectivity index (χ0n) is 31.7. The van der Waals surface area contributed by atoms with Crippen LogP contribution in [0.25, 0.3) is 0 Å². The first-order chi connectivity index (χ1) is 26.1. The molecule has 0 radical (unpaired) electrons. The summed E-state index contributed by atoms with van der Waals surface area (Å²) in [4.78, 5) is 12.6. The van der Waals surface area contributed by atoms with E-state index in [-0.39, 0.29) is 30.6 Å². The van der Waals surface area contributed by atoms with E-state index < -0.39 is 6.29 Å². The molecule has 1 aromatic heterocycles. The number of benzene rings is 3. The third kappa shape index (κ3) is 13.1. The van der Waals surface area contributed by atoms with Crippen LogP contribution in [-0.4, -0.2) is 43.1 Å². The van der Waals surface area contributed by atoms with Crippen molar-refractivity contribution in [1.82, 2.24) is 25.5 Å². The molecule has 2 heterocycles. The fourth-order valence-corrected chi connectivity index (χ4v) is 7.95. The highest BCUT2D eigenvalue weighted by Crippen LogP contribution is 2.48. The SMILES string of the molecule is CCCCCCCCCCCCCCCC(=O)NCc1ccc(C2O[C@H](CSc3nnnn3C)[C@@H](c3ccccc3)[C@H](c3ccc(CO)cc3)O2)cc1. The number of unbranched alkanes of at least 4 members (excludes halogenated alkanes) is 12. The van der Waals surface area contributed by atoms with E-state index in [1.54, 1.807) is 16.4 Å². The molecule has 3 aromatic carbocycles. The molecule has 0 aliphatic carbocycles. The van der Waals surface area contributed by atoms with Gasteiger partial charge in [-0.05, 0) is 39.1 Å². The number of thioether (sulfide) groups is 1. The first-order valence-corrected chi connectivity index (χ1v) is 20.8. The van der Waals surface area contributed by atoms with Gasteiger partial charge < -0.3 is 19.9 Å². The fraction of sp³-hybridized carbons (Fsp3) is 0.535. The second-order valence-corrected chi connectivity index (χ2v) is 15.3. The third-order valence-corrected chi connectivity index (χ3v) is 11.3. The quantitative estimate of drug-likeness (QED) is 0.0572. The van der Waals surface area contributed by atoms with Crippen molar-refractivity contribution >= 4 is 17.7 Å². The van der Waals surface area contributed by atoms with E-state index in [1.807, 2.05) is 73.8 Å². The van der Waals surface area contributed by atoms with Crippen molar-refractivity contribution in [2.24, 2.45) is 7.05 Å². The van der Waals surface area contributed by atoms with E-state index in [4.69, 9.17) is 9.47 Å². The Morgan fingerprint density at radius 1 is 0.755 bits per heavy atom. The number of aryl methyl sites for hydroxylation is 1. The lowest BCUT2D eigenvalue weighted by Crippen LogP contribution is -2.38.